The standard InChI is InChI=1S/C45H86O6/c1-4-7-10-13-15-17-18-19-20-21-22-23-24-25-26-27-28-30-32-35-38-44(47)50-41-42(40-49-43(46)37-34-31-12-9-6-3)51-45(48)39-36-33-29-16-14-11-8-5-2/h42H,4-41H2,1-3H3. The van der Waals surface area contributed by atoms with Crippen LogP contribution in [0.2, 0.25) is 0 Å². The number of carbonyl (C=O) groups excluding carboxylic acids is 3. The van der Waals surface area contributed by atoms with E-state index in [4.69, 9.17) is 14.2 Å². The summed E-state index contributed by atoms with van der Waals surface area (Å²) in [6.07, 6.45) is 41.3. The van der Waals surface area contributed by atoms with Crippen molar-refractivity contribution in [1.82, 2.24) is 0 Å². The summed E-state index contributed by atoms with van der Waals surface area (Å²) in [6, 6.07) is 0. The molecule has 51 heavy (non-hydrogen) atoms. The van der Waals surface area contributed by atoms with E-state index in [1.807, 2.05) is 0 Å². The van der Waals surface area contributed by atoms with E-state index < -0.39 is 6.10 Å². The second kappa shape index (κ2) is 41.2. The maximum Gasteiger partial charge on any atom is 0.306 e. The van der Waals surface area contributed by atoms with Crippen molar-refractivity contribution >= 4 is 17.9 Å². The first kappa shape index (κ1) is 49.4. The number of esters is 3. The first-order valence-electron chi connectivity index (χ1n) is 22.5. The van der Waals surface area contributed by atoms with E-state index in [0.717, 1.165) is 64.2 Å². The number of hydrogen-bond donors (Lipinski definition) is 0. The molecule has 0 aromatic heterocycles. The average Bonchev–Trinajstić information content (AvgIpc) is 3.12. The van der Waals surface area contributed by atoms with Crippen molar-refractivity contribution in [3.63, 3.8) is 0 Å². The van der Waals surface area contributed by atoms with Crippen LogP contribution < -0.4 is 0 Å². The quantitative estimate of drug-likeness (QED) is 0.0355. The van der Waals surface area contributed by atoms with E-state index in [9.17, 15) is 14.4 Å². The fraction of sp³-hybridized carbons (Fsp3) is 0.933. The van der Waals surface area contributed by atoms with Crippen molar-refractivity contribution in [3.05, 3.63) is 0 Å². The number of hydrogen-bond acceptors (Lipinski definition) is 6. The van der Waals surface area contributed by atoms with Crippen LogP contribution in [-0.4, -0.2) is 37.2 Å². The highest BCUT2D eigenvalue weighted by atomic mass is 16.6. The first-order chi connectivity index (χ1) is 25.0. The van der Waals surface area contributed by atoms with Gasteiger partial charge >= 0.3 is 17.9 Å². The predicted octanol–water partition coefficient (Wildman–Crippen LogP) is 14.1. The van der Waals surface area contributed by atoms with Crippen LogP contribution in [0.1, 0.15) is 252 Å². The molecule has 0 heterocycles. The van der Waals surface area contributed by atoms with Gasteiger partial charge in [-0.15, -0.1) is 0 Å². The van der Waals surface area contributed by atoms with Gasteiger partial charge in [-0.05, 0) is 19.3 Å². The first-order valence-corrected chi connectivity index (χ1v) is 22.5. The zero-order valence-electron chi connectivity index (χ0n) is 34.4. The van der Waals surface area contributed by atoms with Crippen LogP contribution in [0.5, 0.6) is 0 Å². The molecule has 1 unspecified atom stereocenters. The summed E-state index contributed by atoms with van der Waals surface area (Å²) in [4.78, 5) is 37.3. The van der Waals surface area contributed by atoms with Crippen LogP contribution >= 0.6 is 0 Å². The third-order valence-electron chi connectivity index (χ3n) is 10.1. The third-order valence-corrected chi connectivity index (χ3v) is 10.1. The molecule has 0 rings (SSSR count). The van der Waals surface area contributed by atoms with Crippen molar-refractivity contribution in [1.29, 1.82) is 0 Å². The zero-order chi connectivity index (χ0) is 37.3. The lowest BCUT2D eigenvalue weighted by Gasteiger charge is -2.18. The molecule has 0 aromatic carbocycles. The van der Waals surface area contributed by atoms with Gasteiger partial charge in [0.15, 0.2) is 6.10 Å². The van der Waals surface area contributed by atoms with E-state index in [1.165, 1.54) is 148 Å². The fourth-order valence-corrected chi connectivity index (χ4v) is 6.68. The van der Waals surface area contributed by atoms with Gasteiger partial charge in [0.05, 0.1) is 0 Å². The topological polar surface area (TPSA) is 78.9 Å². The average molecular weight is 723 g/mol. The lowest BCUT2D eigenvalue weighted by atomic mass is 10.0. The molecular weight excluding hydrogens is 636 g/mol. The second-order valence-electron chi connectivity index (χ2n) is 15.3. The van der Waals surface area contributed by atoms with Crippen molar-refractivity contribution < 1.29 is 28.6 Å². The minimum atomic E-state index is -0.755. The van der Waals surface area contributed by atoms with E-state index in [1.54, 1.807) is 0 Å². The number of carbonyl (C=O) groups is 3. The minimum Gasteiger partial charge on any atom is -0.462 e. The van der Waals surface area contributed by atoms with Gasteiger partial charge in [0, 0.05) is 19.3 Å². The van der Waals surface area contributed by atoms with Gasteiger partial charge in [0.1, 0.15) is 13.2 Å². The maximum absolute atomic E-state index is 12.6. The minimum absolute atomic E-state index is 0.0645. The Morgan fingerprint density at radius 3 is 0.784 bits per heavy atom. The van der Waals surface area contributed by atoms with E-state index >= 15 is 0 Å². The molecule has 0 aromatic rings. The lowest BCUT2D eigenvalue weighted by Crippen LogP contribution is -2.30. The molecule has 0 spiro atoms. The number of unbranched alkanes of at least 4 members (excludes halogenated alkanes) is 30. The lowest BCUT2D eigenvalue weighted by molar-refractivity contribution is -0.167. The van der Waals surface area contributed by atoms with Crippen molar-refractivity contribution in [2.75, 3.05) is 13.2 Å². The predicted molar refractivity (Wildman–Crippen MR) is 215 cm³/mol. The van der Waals surface area contributed by atoms with Gasteiger partial charge < -0.3 is 14.2 Å². The Bertz CT molecular complexity index is 753. The number of ether oxygens (including phenoxy) is 3. The largest absolute Gasteiger partial charge is 0.462 e. The molecule has 0 fully saturated rings. The summed E-state index contributed by atoms with van der Waals surface area (Å²) >= 11 is 0. The van der Waals surface area contributed by atoms with Gasteiger partial charge in [-0.3, -0.25) is 14.4 Å². The summed E-state index contributed by atoms with van der Waals surface area (Å²) in [5.74, 6) is -0.873. The van der Waals surface area contributed by atoms with Gasteiger partial charge in [0.25, 0.3) is 0 Å². The molecule has 0 aliphatic heterocycles. The highest BCUT2D eigenvalue weighted by Gasteiger charge is 2.19. The molecule has 6 nitrogen and oxygen atoms in total. The fourth-order valence-electron chi connectivity index (χ4n) is 6.68. The third kappa shape index (κ3) is 39.5. The Kier molecular flexibility index (Phi) is 39.9. The van der Waals surface area contributed by atoms with E-state index in [-0.39, 0.29) is 31.1 Å². The molecule has 0 aliphatic rings. The van der Waals surface area contributed by atoms with Crippen molar-refractivity contribution in [3.8, 4) is 0 Å². The molecule has 0 bridgehead atoms. The maximum atomic E-state index is 12.6. The Morgan fingerprint density at radius 2 is 0.529 bits per heavy atom. The van der Waals surface area contributed by atoms with Gasteiger partial charge in [-0.1, -0.05) is 213 Å². The van der Waals surface area contributed by atoms with Gasteiger partial charge in [-0.2, -0.15) is 0 Å². The molecule has 0 saturated carbocycles. The second-order valence-corrected chi connectivity index (χ2v) is 15.3. The normalized spacial score (nSPS) is 11.8. The van der Waals surface area contributed by atoms with Crippen molar-refractivity contribution in [2.45, 2.75) is 258 Å². The van der Waals surface area contributed by atoms with Crippen LogP contribution in [-0.2, 0) is 28.6 Å². The van der Waals surface area contributed by atoms with Crippen LogP contribution in [0.15, 0.2) is 0 Å². The molecule has 0 radical (unpaired) electrons. The molecule has 1 atom stereocenters. The van der Waals surface area contributed by atoms with Crippen molar-refractivity contribution in [2.24, 2.45) is 0 Å². The smallest absolute Gasteiger partial charge is 0.306 e. The summed E-state index contributed by atoms with van der Waals surface area (Å²) < 4.78 is 16.5. The SMILES string of the molecule is CCCCCCCCCCCCCCCCCCCCCCC(=O)OCC(COC(=O)CCCCCCC)OC(=O)CCCCCCCCCC. The molecule has 0 aliphatic carbocycles. The van der Waals surface area contributed by atoms with Gasteiger partial charge in [0.2, 0.25) is 0 Å². The molecule has 0 amide bonds. The van der Waals surface area contributed by atoms with Crippen LogP contribution in [0.3, 0.4) is 0 Å². The van der Waals surface area contributed by atoms with E-state index in [2.05, 4.69) is 20.8 Å². The molecule has 0 N–H and O–H groups in total. The van der Waals surface area contributed by atoms with Crippen LogP contribution in [0.25, 0.3) is 0 Å². The molecule has 6 heteroatoms. The Morgan fingerprint density at radius 1 is 0.314 bits per heavy atom. The Balaban J connectivity index is 4.02. The monoisotopic (exact) mass is 723 g/mol. The summed E-state index contributed by atoms with van der Waals surface area (Å²) in [6.45, 7) is 6.54. The van der Waals surface area contributed by atoms with Gasteiger partial charge in [-0.25, -0.2) is 0 Å². The Hall–Kier alpha value is -1.59. The van der Waals surface area contributed by atoms with Crippen LogP contribution in [0, 0.1) is 0 Å². The molecule has 302 valence electrons. The highest BCUT2D eigenvalue weighted by molar-refractivity contribution is 5.71. The van der Waals surface area contributed by atoms with Crippen LogP contribution in [0.4, 0.5) is 0 Å². The van der Waals surface area contributed by atoms with E-state index in [0.29, 0.717) is 19.3 Å². The number of rotatable bonds is 41. The molecule has 0 saturated heterocycles. The zero-order valence-corrected chi connectivity index (χ0v) is 34.4. The highest BCUT2D eigenvalue weighted by Crippen LogP contribution is 2.16. The summed E-state index contributed by atoms with van der Waals surface area (Å²) in [5.41, 5.74) is 0. The molecular formula is C45H86O6. The summed E-state index contributed by atoms with van der Waals surface area (Å²) in [7, 11) is 0. The summed E-state index contributed by atoms with van der Waals surface area (Å²) in [5, 5.41) is 0. The Labute approximate surface area is 317 Å².